The summed E-state index contributed by atoms with van der Waals surface area (Å²) in [6.07, 6.45) is 0. The number of nitrogens with zero attached hydrogens (tertiary/aromatic N) is 2. The number of benzene rings is 2. The third kappa shape index (κ3) is 1.93. The second-order valence-corrected chi connectivity index (χ2v) is 5.06. The number of rotatable bonds is 2. The maximum Gasteiger partial charge on any atom is 0.151 e. The quantitative estimate of drug-likeness (QED) is 0.760. The summed E-state index contributed by atoms with van der Waals surface area (Å²) in [4.78, 5) is 4.42. The normalized spacial score (nSPS) is 11.4. The molecule has 3 rings (SSSR count). The Morgan fingerprint density at radius 2 is 1.90 bits per heavy atom. The molecule has 0 saturated heterocycles. The van der Waals surface area contributed by atoms with Gasteiger partial charge in [0, 0.05) is 11.6 Å². The molecule has 4 heteroatoms. The van der Waals surface area contributed by atoms with E-state index in [1.165, 1.54) is 6.07 Å². The number of hydrogen-bond donors (Lipinski definition) is 1. The van der Waals surface area contributed by atoms with Gasteiger partial charge in [-0.25, -0.2) is 9.37 Å². The van der Waals surface area contributed by atoms with E-state index in [0.29, 0.717) is 11.3 Å². The topological polar surface area (TPSA) is 38.0 Å². The lowest BCUT2D eigenvalue weighted by Gasteiger charge is -2.13. The van der Waals surface area contributed by atoms with E-state index in [-0.39, 0.29) is 17.6 Å². The van der Waals surface area contributed by atoms with Gasteiger partial charge in [-0.1, -0.05) is 18.2 Å². The summed E-state index contributed by atoms with van der Waals surface area (Å²) in [7, 11) is 0. The van der Waals surface area contributed by atoms with Crippen LogP contribution in [0.1, 0.15) is 19.9 Å². The van der Waals surface area contributed by atoms with Gasteiger partial charge in [-0.3, -0.25) is 0 Å². The molecule has 0 aliphatic rings. The molecule has 1 N–H and O–H groups in total. The summed E-state index contributed by atoms with van der Waals surface area (Å²) in [5.41, 5.74) is 1.90. The first-order valence-corrected chi connectivity index (χ1v) is 6.54. The highest BCUT2D eigenvalue weighted by molar-refractivity contribution is 5.81. The first-order chi connectivity index (χ1) is 9.58. The van der Waals surface area contributed by atoms with Crippen molar-refractivity contribution in [3.8, 4) is 17.1 Å². The molecule has 3 nitrogen and oxygen atoms in total. The van der Waals surface area contributed by atoms with Gasteiger partial charge in [0.2, 0.25) is 0 Å². The first-order valence-electron chi connectivity index (χ1n) is 6.54. The van der Waals surface area contributed by atoms with Crippen molar-refractivity contribution in [3.63, 3.8) is 0 Å². The average Bonchev–Trinajstić information content (AvgIpc) is 2.79. The molecule has 102 valence electrons. The molecule has 0 aliphatic carbocycles. The summed E-state index contributed by atoms with van der Waals surface area (Å²) in [6.45, 7) is 4.05. The van der Waals surface area contributed by atoms with E-state index in [4.69, 9.17) is 0 Å². The smallest absolute Gasteiger partial charge is 0.151 e. The Morgan fingerprint density at radius 1 is 1.15 bits per heavy atom. The van der Waals surface area contributed by atoms with E-state index in [1.54, 1.807) is 24.3 Å². The maximum absolute atomic E-state index is 13.9. The highest BCUT2D eigenvalue weighted by atomic mass is 19.1. The number of halogens is 1. The minimum atomic E-state index is -0.330. The molecule has 0 saturated carbocycles. The highest BCUT2D eigenvalue weighted by Crippen LogP contribution is 2.30. The molecule has 0 atom stereocenters. The summed E-state index contributed by atoms with van der Waals surface area (Å²) < 4.78 is 15.9. The van der Waals surface area contributed by atoms with Gasteiger partial charge < -0.3 is 9.67 Å². The fraction of sp³-hybridized carbons (Fsp3) is 0.188. The fourth-order valence-electron chi connectivity index (χ4n) is 2.45. The van der Waals surface area contributed by atoms with Crippen molar-refractivity contribution in [1.82, 2.24) is 9.55 Å². The van der Waals surface area contributed by atoms with Crippen LogP contribution in [-0.2, 0) is 0 Å². The molecule has 0 aliphatic heterocycles. The van der Waals surface area contributed by atoms with Crippen LogP contribution >= 0.6 is 0 Å². The predicted octanol–water partition coefficient (Wildman–Crippen LogP) is 4.13. The lowest BCUT2D eigenvalue weighted by molar-refractivity contribution is 0.475. The number of fused-ring (bicyclic) bond motifs is 1. The number of aromatic hydroxyl groups is 1. The predicted molar refractivity (Wildman–Crippen MR) is 77.2 cm³/mol. The Balaban J connectivity index is 2.35. The van der Waals surface area contributed by atoms with Gasteiger partial charge in [-0.05, 0) is 38.1 Å². The molecular weight excluding hydrogens is 255 g/mol. The molecule has 0 fully saturated rings. The van der Waals surface area contributed by atoms with Crippen molar-refractivity contribution in [3.05, 3.63) is 48.3 Å². The maximum atomic E-state index is 13.9. The van der Waals surface area contributed by atoms with Crippen molar-refractivity contribution in [1.29, 1.82) is 0 Å². The van der Waals surface area contributed by atoms with Crippen LogP contribution in [0.2, 0.25) is 0 Å². The zero-order valence-corrected chi connectivity index (χ0v) is 11.3. The van der Waals surface area contributed by atoms with Crippen LogP contribution in [0.15, 0.2) is 42.5 Å². The van der Waals surface area contributed by atoms with Crippen LogP contribution < -0.4 is 0 Å². The second kappa shape index (κ2) is 4.63. The Labute approximate surface area is 116 Å². The van der Waals surface area contributed by atoms with Crippen LogP contribution in [0.3, 0.4) is 0 Å². The van der Waals surface area contributed by atoms with Gasteiger partial charge in [0.25, 0.3) is 0 Å². The number of phenolic OH excluding ortho intramolecular Hbond substituents is 1. The molecular formula is C16H15FN2O. The molecule has 0 radical (unpaired) electrons. The van der Waals surface area contributed by atoms with Gasteiger partial charge in [0.05, 0.1) is 5.52 Å². The number of hydrogen-bond acceptors (Lipinski definition) is 2. The standard InChI is InChI=1S/C16H15FN2O/c1-10(2)19-14-8-4-7-13(17)15(14)18-16(19)11-5-3-6-12(20)9-11/h3-10,20H,1-2H3. The van der Waals surface area contributed by atoms with Crippen LogP contribution in [0.25, 0.3) is 22.4 Å². The molecule has 3 aromatic rings. The Hall–Kier alpha value is -2.36. The second-order valence-electron chi connectivity index (χ2n) is 5.06. The van der Waals surface area contributed by atoms with Crippen LogP contribution in [-0.4, -0.2) is 14.7 Å². The van der Waals surface area contributed by atoms with Crippen LogP contribution in [0.4, 0.5) is 4.39 Å². The molecule has 0 amide bonds. The third-order valence-electron chi connectivity index (χ3n) is 3.29. The fourth-order valence-corrected chi connectivity index (χ4v) is 2.45. The molecule has 0 bridgehead atoms. The number of phenols is 1. The van der Waals surface area contributed by atoms with Gasteiger partial charge >= 0.3 is 0 Å². The molecule has 2 aromatic carbocycles. The molecule has 1 aromatic heterocycles. The SMILES string of the molecule is CC(C)n1c(-c2cccc(O)c2)nc2c(F)cccc21. The van der Waals surface area contributed by atoms with Crippen LogP contribution in [0.5, 0.6) is 5.75 Å². The summed E-state index contributed by atoms with van der Waals surface area (Å²) in [5.74, 6) is 0.504. The van der Waals surface area contributed by atoms with Crippen molar-refractivity contribution < 1.29 is 9.50 Å². The number of para-hydroxylation sites is 1. The van der Waals surface area contributed by atoms with E-state index < -0.39 is 0 Å². The van der Waals surface area contributed by atoms with Crippen molar-refractivity contribution in [2.24, 2.45) is 0 Å². The van der Waals surface area contributed by atoms with E-state index >= 15 is 0 Å². The molecule has 20 heavy (non-hydrogen) atoms. The minimum Gasteiger partial charge on any atom is -0.508 e. The molecule has 0 spiro atoms. The minimum absolute atomic E-state index is 0.138. The summed E-state index contributed by atoms with van der Waals surface area (Å²) in [6, 6.07) is 11.9. The van der Waals surface area contributed by atoms with Crippen molar-refractivity contribution in [2.75, 3.05) is 0 Å². The first kappa shape index (κ1) is 12.7. The van der Waals surface area contributed by atoms with Crippen LogP contribution in [0, 0.1) is 5.82 Å². The van der Waals surface area contributed by atoms with Gasteiger partial charge in [0.15, 0.2) is 5.82 Å². The lowest BCUT2D eigenvalue weighted by Crippen LogP contribution is -2.02. The Bertz CT molecular complexity index is 777. The monoisotopic (exact) mass is 270 g/mol. The number of aromatic nitrogens is 2. The summed E-state index contributed by atoms with van der Waals surface area (Å²) >= 11 is 0. The largest absolute Gasteiger partial charge is 0.508 e. The Morgan fingerprint density at radius 3 is 2.60 bits per heavy atom. The average molecular weight is 270 g/mol. The molecule has 1 heterocycles. The van der Waals surface area contributed by atoms with E-state index in [9.17, 15) is 9.50 Å². The highest BCUT2D eigenvalue weighted by Gasteiger charge is 2.17. The lowest BCUT2D eigenvalue weighted by atomic mass is 10.2. The van der Waals surface area contributed by atoms with E-state index in [1.807, 2.05) is 30.5 Å². The van der Waals surface area contributed by atoms with E-state index in [0.717, 1.165) is 11.1 Å². The molecule has 0 unspecified atom stereocenters. The van der Waals surface area contributed by atoms with Crippen molar-refractivity contribution in [2.45, 2.75) is 19.9 Å². The third-order valence-corrected chi connectivity index (χ3v) is 3.29. The van der Waals surface area contributed by atoms with Gasteiger partial charge in [0.1, 0.15) is 17.1 Å². The van der Waals surface area contributed by atoms with Crippen molar-refractivity contribution >= 4 is 11.0 Å². The van der Waals surface area contributed by atoms with Gasteiger partial charge in [-0.2, -0.15) is 0 Å². The summed E-state index contributed by atoms with van der Waals surface area (Å²) in [5, 5.41) is 9.62. The van der Waals surface area contributed by atoms with E-state index in [2.05, 4.69) is 4.98 Å². The Kier molecular flexibility index (Phi) is 2.93. The van der Waals surface area contributed by atoms with Gasteiger partial charge in [-0.15, -0.1) is 0 Å². The zero-order chi connectivity index (χ0) is 14.3. The zero-order valence-electron chi connectivity index (χ0n) is 11.3. The number of imidazole rings is 1.